The van der Waals surface area contributed by atoms with E-state index in [1.807, 2.05) is 36.1 Å². The van der Waals surface area contributed by atoms with Crippen LogP contribution in [0.5, 0.6) is 5.75 Å². The lowest BCUT2D eigenvalue weighted by Crippen LogP contribution is -2.42. The second-order valence-corrected chi connectivity index (χ2v) is 8.19. The van der Waals surface area contributed by atoms with Crippen LogP contribution in [0.2, 0.25) is 0 Å². The number of likely N-dealkylation sites (tertiary alicyclic amines) is 1. The molecule has 2 heterocycles. The number of benzene rings is 1. The molecule has 1 aliphatic rings. The molecule has 3 rings (SSSR count). The van der Waals surface area contributed by atoms with Gasteiger partial charge in [0.2, 0.25) is 5.91 Å². The highest BCUT2D eigenvalue weighted by Gasteiger charge is 2.29. The Morgan fingerprint density at radius 1 is 1.30 bits per heavy atom. The van der Waals surface area contributed by atoms with Crippen molar-refractivity contribution in [1.29, 1.82) is 0 Å². The second kappa shape index (κ2) is 9.18. The molecule has 0 spiro atoms. The Bertz CT molecular complexity index is 785. The zero-order valence-corrected chi connectivity index (χ0v) is 16.9. The van der Waals surface area contributed by atoms with E-state index in [-0.39, 0.29) is 17.6 Å². The maximum Gasteiger partial charge on any atom is 0.222 e. The number of carbonyl (C=O) groups is 2. The average molecular weight is 386 g/mol. The molecule has 0 aliphatic carbocycles. The van der Waals surface area contributed by atoms with Gasteiger partial charge in [0.05, 0.1) is 7.11 Å². The van der Waals surface area contributed by atoms with Gasteiger partial charge in [-0.3, -0.25) is 9.59 Å². The van der Waals surface area contributed by atoms with Crippen LogP contribution in [0, 0.1) is 12.8 Å². The van der Waals surface area contributed by atoms with E-state index in [0.717, 1.165) is 49.1 Å². The van der Waals surface area contributed by atoms with Gasteiger partial charge >= 0.3 is 0 Å². The SMILES string of the molecule is COc1ccc(C(=O)[C@H]2CCCN(C(=O)CCCc3cccs3)C2)c(C)c1. The van der Waals surface area contributed by atoms with Crippen molar-refractivity contribution >= 4 is 23.0 Å². The van der Waals surface area contributed by atoms with E-state index in [1.54, 1.807) is 18.4 Å². The lowest BCUT2D eigenvalue weighted by Gasteiger charge is -2.32. The minimum Gasteiger partial charge on any atom is -0.497 e. The van der Waals surface area contributed by atoms with Crippen molar-refractivity contribution in [1.82, 2.24) is 4.90 Å². The van der Waals surface area contributed by atoms with E-state index in [2.05, 4.69) is 11.4 Å². The van der Waals surface area contributed by atoms with E-state index in [9.17, 15) is 9.59 Å². The van der Waals surface area contributed by atoms with E-state index < -0.39 is 0 Å². The maximum atomic E-state index is 13.0. The lowest BCUT2D eigenvalue weighted by atomic mass is 9.88. The van der Waals surface area contributed by atoms with Gasteiger partial charge in [-0.25, -0.2) is 0 Å². The third-order valence-corrected chi connectivity index (χ3v) is 6.17. The van der Waals surface area contributed by atoms with E-state index in [0.29, 0.717) is 13.0 Å². The highest BCUT2D eigenvalue weighted by atomic mass is 32.1. The number of rotatable bonds is 7. The number of hydrogen-bond donors (Lipinski definition) is 0. The second-order valence-electron chi connectivity index (χ2n) is 7.16. The Kier molecular flexibility index (Phi) is 6.67. The number of methoxy groups -OCH3 is 1. The Morgan fingerprint density at radius 3 is 2.85 bits per heavy atom. The van der Waals surface area contributed by atoms with Crippen molar-refractivity contribution in [3.8, 4) is 5.75 Å². The molecular weight excluding hydrogens is 358 g/mol. The summed E-state index contributed by atoms with van der Waals surface area (Å²) in [4.78, 5) is 28.8. The Morgan fingerprint density at radius 2 is 2.15 bits per heavy atom. The van der Waals surface area contributed by atoms with Gasteiger partial charge in [0.1, 0.15) is 5.75 Å². The number of amides is 1. The van der Waals surface area contributed by atoms with Crippen LogP contribution in [0.1, 0.15) is 46.5 Å². The fourth-order valence-electron chi connectivity index (χ4n) is 3.70. The van der Waals surface area contributed by atoms with Crippen LogP contribution < -0.4 is 4.74 Å². The number of Topliss-reactive ketones (excluding diaryl/α,β-unsaturated/α-hetero) is 1. The minimum absolute atomic E-state index is 0.105. The lowest BCUT2D eigenvalue weighted by molar-refractivity contribution is -0.132. The Balaban J connectivity index is 1.56. The van der Waals surface area contributed by atoms with Crippen LogP contribution >= 0.6 is 11.3 Å². The van der Waals surface area contributed by atoms with Gasteiger partial charge in [0, 0.05) is 35.9 Å². The molecule has 1 aromatic heterocycles. The largest absolute Gasteiger partial charge is 0.497 e. The number of nitrogens with zero attached hydrogens (tertiary/aromatic N) is 1. The van der Waals surface area contributed by atoms with Crippen molar-refractivity contribution in [3.05, 3.63) is 51.7 Å². The standard InChI is InChI=1S/C22H27NO3S/c1-16-14-18(26-2)10-11-20(16)22(25)17-6-4-12-23(15-17)21(24)9-3-7-19-8-5-13-27-19/h5,8,10-11,13-14,17H,3-4,6-7,9,12,15H2,1-2H3/t17-/m0/s1. The monoisotopic (exact) mass is 385 g/mol. The first-order valence-corrected chi connectivity index (χ1v) is 10.5. The van der Waals surface area contributed by atoms with Crippen LogP contribution in [0.15, 0.2) is 35.7 Å². The summed E-state index contributed by atoms with van der Waals surface area (Å²) in [7, 11) is 1.62. The van der Waals surface area contributed by atoms with Gasteiger partial charge in [-0.2, -0.15) is 0 Å². The van der Waals surface area contributed by atoms with Gasteiger partial charge in [-0.05, 0) is 67.8 Å². The predicted octanol–water partition coefficient (Wildman–Crippen LogP) is 4.51. The molecule has 1 atom stereocenters. The first kappa shape index (κ1) is 19.6. The minimum atomic E-state index is -0.105. The zero-order valence-electron chi connectivity index (χ0n) is 16.1. The van der Waals surface area contributed by atoms with Gasteiger partial charge in [0.15, 0.2) is 5.78 Å². The molecule has 2 aromatic rings. The summed E-state index contributed by atoms with van der Waals surface area (Å²) >= 11 is 1.74. The number of ether oxygens (including phenoxy) is 1. The molecule has 0 saturated carbocycles. The average Bonchev–Trinajstić information content (AvgIpc) is 3.21. The van der Waals surface area contributed by atoms with Crippen LogP contribution in [-0.2, 0) is 11.2 Å². The van der Waals surface area contributed by atoms with Crippen molar-refractivity contribution in [2.24, 2.45) is 5.92 Å². The highest BCUT2D eigenvalue weighted by molar-refractivity contribution is 7.09. The molecule has 0 bridgehead atoms. The number of thiophene rings is 1. The van der Waals surface area contributed by atoms with Crippen LogP contribution in [-0.4, -0.2) is 36.8 Å². The van der Waals surface area contributed by atoms with Crippen LogP contribution in [0.3, 0.4) is 0 Å². The molecule has 1 saturated heterocycles. The summed E-state index contributed by atoms with van der Waals surface area (Å²) in [6.07, 6.45) is 4.11. The van der Waals surface area contributed by atoms with Crippen molar-refractivity contribution in [3.63, 3.8) is 0 Å². The molecule has 0 unspecified atom stereocenters. The number of piperidine rings is 1. The molecule has 1 fully saturated rings. The summed E-state index contributed by atoms with van der Waals surface area (Å²) in [6.45, 7) is 3.25. The number of hydrogen-bond acceptors (Lipinski definition) is 4. The van der Waals surface area contributed by atoms with Gasteiger partial charge in [0.25, 0.3) is 0 Å². The molecule has 0 N–H and O–H groups in total. The molecule has 1 aliphatic heterocycles. The Hall–Kier alpha value is -2.14. The van der Waals surface area contributed by atoms with Crippen LogP contribution in [0.25, 0.3) is 0 Å². The topological polar surface area (TPSA) is 46.6 Å². The predicted molar refractivity (Wildman–Crippen MR) is 109 cm³/mol. The van der Waals surface area contributed by atoms with Crippen LogP contribution in [0.4, 0.5) is 0 Å². The van der Waals surface area contributed by atoms with E-state index >= 15 is 0 Å². The molecule has 1 amide bonds. The quantitative estimate of drug-likeness (QED) is 0.659. The summed E-state index contributed by atoms with van der Waals surface area (Å²) in [5, 5.41) is 2.07. The van der Waals surface area contributed by atoms with Crippen molar-refractivity contribution in [2.45, 2.75) is 39.0 Å². The van der Waals surface area contributed by atoms with Crippen molar-refractivity contribution < 1.29 is 14.3 Å². The summed E-state index contributed by atoms with van der Waals surface area (Å²) in [6, 6.07) is 9.73. The third kappa shape index (κ3) is 4.98. The summed E-state index contributed by atoms with van der Waals surface area (Å²) < 4.78 is 5.22. The molecular formula is C22H27NO3S. The number of aryl methyl sites for hydroxylation is 2. The summed E-state index contributed by atoms with van der Waals surface area (Å²) in [5.41, 5.74) is 1.67. The van der Waals surface area contributed by atoms with Gasteiger partial charge < -0.3 is 9.64 Å². The van der Waals surface area contributed by atoms with E-state index in [1.165, 1.54) is 4.88 Å². The Labute approximate surface area is 165 Å². The first-order chi connectivity index (χ1) is 13.1. The molecule has 1 aromatic carbocycles. The molecule has 4 nitrogen and oxygen atoms in total. The molecule has 5 heteroatoms. The number of ketones is 1. The smallest absolute Gasteiger partial charge is 0.222 e. The normalized spacial score (nSPS) is 17.0. The molecule has 27 heavy (non-hydrogen) atoms. The molecule has 0 radical (unpaired) electrons. The third-order valence-electron chi connectivity index (χ3n) is 5.24. The van der Waals surface area contributed by atoms with E-state index in [4.69, 9.17) is 4.74 Å². The van der Waals surface area contributed by atoms with Gasteiger partial charge in [-0.1, -0.05) is 6.07 Å². The fourth-order valence-corrected chi connectivity index (χ4v) is 4.46. The first-order valence-electron chi connectivity index (χ1n) is 9.57. The van der Waals surface area contributed by atoms with Crippen molar-refractivity contribution in [2.75, 3.05) is 20.2 Å². The molecule has 144 valence electrons. The maximum absolute atomic E-state index is 13.0. The fraction of sp³-hybridized carbons (Fsp3) is 0.455. The highest BCUT2D eigenvalue weighted by Crippen LogP contribution is 2.25. The summed E-state index contributed by atoms with van der Waals surface area (Å²) in [5.74, 6) is 0.976. The number of carbonyl (C=O) groups excluding carboxylic acids is 2. The zero-order chi connectivity index (χ0) is 19.2. The van der Waals surface area contributed by atoms with Gasteiger partial charge in [-0.15, -0.1) is 11.3 Å².